The van der Waals surface area contributed by atoms with Gasteiger partial charge in [-0.15, -0.1) is 10.2 Å². The van der Waals surface area contributed by atoms with Gasteiger partial charge < -0.3 is 15.2 Å². The van der Waals surface area contributed by atoms with Crippen LogP contribution in [0.25, 0.3) is 0 Å². The first kappa shape index (κ1) is 22.6. The Morgan fingerprint density at radius 3 is 2.42 bits per heavy atom. The molecule has 0 saturated heterocycles. The van der Waals surface area contributed by atoms with Crippen LogP contribution in [0.5, 0.6) is 0 Å². The monoisotopic (exact) mass is 437 g/mol. The number of thioether (sulfide) groups is 1. The lowest BCUT2D eigenvalue weighted by atomic mass is 10.1. The predicted molar refractivity (Wildman–Crippen MR) is 124 cm³/mol. The summed E-state index contributed by atoms with van der Waals surface area (Å²) in [5.41, 5.74) is 3.81. The van der Waals surface area contributed by atoms with Crippen LogP contribution in [0.3, 0.4) is 0 Å². The number of nitrogens with zero attached hydrogens (tertiary/aromatic N) is 3. The highest BCUT2D eigenvalue weighted by Gasteiger charge is 2.16. The number of benzene rings is 2. The Labute approximate surface area is 186 Å². The molecule has 1 aromatic heterocycles. The molecular weight excluding hydrogens is 410 g/mol. The SMILES string of the molecule is CCc1ccccc1NC(=O)Cc1nnc(SCC(=O)Nc2ccc(C)cc2)n1CC. The van der Waals surface area contributed by atoms with Gasteiger partial charge in [-0.25, -0.2) is 0 Å². The molecule has 162 valence electrons. The third-order valence-electron chi connectivity index (χ3n) is 4.77. The summed E-state index contributed by atoms with van der Waals surface area (Å²) in [6.45, 7) is 6.63. The summed E-state index contributed by atoms with van der Waals surface area (Å²) in [6, 6.07) is 15.4. The second-order valence-electron chi connectivity index (χ2n) is 7.08. The quantitative estimate of drug-likeness (QED) is 0.493. The topological polar surface area (TPSA) is 88.9 Å². The van der Waals surface area contributed by atoms with Gasteiger partial charge in [-0.2, -0.15) is 0 Å². The van der Waals surface area contributed by atoms with Gasteiger partial charge in [0.2, 0.25) is 11.8 Å². The van der Waals surface area contributed by atoms with E-state index in [4.69, 9.17) is 0 Å². The first-order valence-corrected chi connectivity index (χ1v) is 11.3. The third kappa shape index (κ3) is 6.18. The number of amides is 2. The molecule has 0 spiro atoms. The van der Waals surface area contributed by atoms with Crippen LogP contribution < -0.4 is 10.6 Å². The summed E-state index contributed by atoms with van der Waals surface area (Å²) in [5, 5.41) is 14.8. The Hall–Kier alpha value is -3.13. The highest BCUT2D eigenvalue weighted by Crippen LogP contribution is 2.19. The average Bonchev–Trinajstić information content (AvgIpc) is 3.15. The largest absolute Gasteiger partial charge is 0.325 e. The second kappa shape index (κ2) is 10.8. The summed E-state index contributed by atoms with van der Waals surface area (Å²) in [4.78, 5) is 24.8. The van der Waals surface area contributed by atoms with Gasteiger partial charge in [0, 0.05) is 17.9 Å². The van der Waals surface area contributed by atoms with Crippen molar-refractivity contribution in [2.75, 3.05) is 16.4 Å². The van der Waals surface area contributed by atoms with E-state index in [1.54, 1.807) is 0 Å². The Bertz CT molecular complexity index is 1050. The highest BCUT2D eigenvalue weighted by atomic mass is 32.2. The van der Waals surface area contributed by atoms with Gasteiger partial charge in [0.1, 0.15) is 5.82 Å². The summed E-state index contributed by atoms with van der Waals surface area (Å²) in [5.74, 6) is 0.532. The van der Waals surface area contributed by atoms with E-state index in [9.17, 15) is 9.59 Å². The Morgan fingerprint density at radius 1 is 0.968 bits per heavy atom. The van der Waals surface area contributed by atoms with Crippen molar-refractivity contribution >= 4 is 35.0 Å². The number of anilines is 2. The van der Waals surface area contributed by atoms with E-state index in [0.29, 0.717) is 17.5 Å². The zero-order valence-electron chi connectivity index (χ0n) is 18.0. The fraction of sp³-hybridized carbons (Fsp3) is 0.304. The van der Waals surface area contributed by atoms with Crippen molar-refractivity contribution in [3.8, 4) is 0 Å². The fourth-order valence-corrected chi connectivity index (χ4v) is 3.95. The van der Waals surface area contributed by atoms with E-state index in [1.807, 2.05) is 66.9 Å². The maximum absolute atomic E-state index is 12.6. The molecule has 2 N–H and O–H groups in total. The molecule has 1 heterocycles. The number of hydrogen-bond donors (Lipinski definition) is 2. The lowest BCUT2D eigenvalue weighted by molar-refractivity contribution is -0.116. The molecule has 31 heavy (non-hydrogen) atoms. The minimum atomic E-state index is -0.142. The van der Waals surface area contributed by atoms with Gasteiger partial charge in [0.25, 0.3) is 0 Å². The van der Waals surface area contributed by atoms with Crippen LogP contribution in [-0.2, 0) is 29.0 Å². The number of para-hydroxylation sites is 1. The molecule has 8 heteroatoms. The van der Waals surface area contributed by atoms with Crippen molar-refractivity contribution in [1.82, 2.24) is 14.8 Å². The summed E-state index contributed by atoms with van der Waals surface area (Å²) < 4.78 is 1.87. The van der Waals surface area contributed by atoms with E-state index >= 15 is 0 Å². The van der Waals surface area contributed by atoms with Crippen molar-refractivity contribution in [1.29, 1.82) is 0 Å². The Kier molecular flexibility index (Phi) is 7.83. The van der Waals surface area contributed by atoms with E-state index in [1.165, 1.54) is 11.8 Å². The molecule has 2 amide bonds. The van der Waals surface area contributed by atoms with Crippen molar-refractivity contribution < 1.29 is 9.59 Å². The molecule has 0 aliphatic carbocycles. The van der Waals surface area contributed by atoms with E-state index in [0.717, 1.165) is 28.9 Å². The van der Waals surface area contributed by atoms with Crippen LogP contribution >= 0.6 is 11.8 Å². The predicted octanol–water partition coefficient (Wildman–Crippen LogP) is 4.08. The fourth-order valence-electron chi connectivity index (χ4n) is 3.13. The van der Waals surface area contributed by atoms with Gasteiger partial charge in [-0.3, -0.25) is 9.59 Å². The molecule has 0 bridgehead atoms. The van der Waals surface area contributed by atoms with Crippen molar-refractivity contribution in [2.45, 2.75) is 45.3 Å². The normalized spacial score (nSPS) is 10.7. The summed E-state index contributed by atoms with van der Waals surface area (Å²) in [6.07, 6.45) is 0.960. The van der Waals surface area contributed by atoms with Gasteiger partial charge in [0.05, 0.1) is 12.2 Å². The first-order chi connectivity index (χ1) is 15.0. The van der Waals surface area contributed by atoms with Gasteiger partial charge in [-0.1, -0.05) is 54.6 Å². The maximum atomic E-state index is 12.6. The molecule has 3 rings (SSSR count). The first-order valence-electron chi connectivity index (χ1n) is 10.3. The zero-order chi connectivity index (χ0) is 22.2. The van der Waals surface area contributed by atoms with E-state index < -0.39 is 0 Å². The molecule has 0 unspecified atom stereocenters. The number of rotatable bonds is 9. The number of carbonyl (C=O) groups is 2. The molecule has 3 aromatic rings. The number of aryl methyl sites for hydroxylation is 2. The molecule has 2 aromatic carbocycles. The zero-order valence-corrected chi connectivity index (χ0v) is 18.8. The van der Waals surface area contributed by atoms with E-state index in [2.05, 4.69) is 27.8 Å². The summed E-state index contributed by atoms with van der Waals surface area (Å²) >= 11 is 1.31. The average molecular weight is 438 g/mol. The molecule has 0 saturated carbocycles. The van der Waals surface area contributed by atoms with Crippen LogP contribution in [-0.4, -0.2) is 32.3 Å². The molecule has 0 aliphatic heterocycles. The summed E-state index contributed by atoms with van der Waals surface area (Å²) in [7, 11) is 0. The van der Waals surface area contributed by atoms with Crippen molar-refractivity contribution in [3.63, 3.8) is 0 Å². The number of hydrogen-bond acceptors (Lipinski definition) is 5. The van der Waals surface area contributed by atoms with E-state index in [-0.39, 0.29) is 24.0 Å². The standard InChI is InChI=1S/C23H27N5O2S/c1-4-17-8-6-7-9-19(17)25-21(29)14-20-26-27-23(28(20)5-2)31-15-22(30)24-18-12-10-16(3)11-13-18/h6-13H,4-5,14-15H2,1-3H3,(H,24,30)(H,25,29). The molecule has 0 aliphatic rings. The molecule has 7 nitrogen and oxygen atoms in total. The third-order valence-corrected chi connectivity index (χ3v) is 5.74. The minimum Gasteiger partial charge on any atom is -0.325 e. The second-order valence-corrected chi connectivity index (χ2v) is 8.02. The van der Waals surface area contributed by atoms with Crippen LogP contribution in [0.4, 0.5) is 11.4 Å². The van der Waals surface area contributed by atoms with Crippen LogP contribution in [0.1, 0.15) is 30.8 Å². The molecule has 0 atom stereocenters. The lowest BCUT2D eigenvalue weighted by Gasteiger charge is -2.10. The molecule has 0 fully saturated rings. The van der Waals surface area contributed by atoms with Crippen LogP contribution in [0.15, 0.2) is 53.7 Å². The van der Waals surface area contributed by atoms with Crippen molar-refractivity contribution in [3.05, 3.63) is 65.5 Å². The van der Waals surface area contributed by atoms with Gasteiger partial charge >= 0.3 is 0 Å². The smallest absolute Gasteiger partial charge is 0.234 e. The Morgan fingerprint density at radius 2 is 1.71 bits per heavy atom. The lowest BCUT2D eigenvalue weighted by Crippen LogP contribution is -2.18. The highest BCUT2D eigenvalue weighted by molar-refractivity contribution is 7.99. The van der Waals surface area contributed by atoms with Crippen LogP contribution in [0, 0.1) is 6.92 Å². The van der Waals surface area contributed by atoms with Crippen LogP contribution in [0.2, 0.25) is 0 Å². The van der Waals surface area contributed by atoms with Gasteiger partial charge in [0.15, 0.2) is 5.16 Å². The maximum Gasteiger partial charge on any atom is 0.234 e. The number of nitrogens with one attached hydrogen (secondary N) is 2. The van der Waals surface area contributed by atoms with Crippen molar-refractivity contribution in [2.24, 2.45) is 0 Å². The minimum absolute atomic E-state index is 0.116. The van der Waals surface area contributed by atoms with Gasteiger partial charge in [-0.05, 0) is 44.0 Å². The molecule has 0 radical (unpaired) electrons. The Balaban J connectivity index is 1.59. The molecular formula is C23H27N5O2S. The number of carbonyl (C=O) groups excluding carboxylic acids is 2. The number of aromatic nitrogens is 3.